The number of hydrogen-bond acceptors (Lipinski definition) is 0. The van der Waals surface area contributed by atoms with Gasteiger partial charge in [0.1, 0.15) is 0 Å². The molecule has 0 aliphatic heterocycles. The van der Waals surface area contributed by atoms with Crippen LogP contribution in [0.25, 0.3) is 0 Å². The maximum absolute atomic E-state index is 3.64. The van der Waals surface area contributed by atoms with Gasteiger partial charge in [-0.15, -0.1) is 6.58 Å². The summed E-state index contributed by atoms with van der Waals surface area (Å²) < 4.78 is 0. The summed E-state index contributed by atoms with van der Waals surface area (Å²) in [6.07, 6.45) is 8.35. The fourth-order valence-electron chi connectivity index (χ4n) is 0.522. The number of hydrogen-bond donors (Lipinski definition) is 0. The molecule has 0 saturated carbocycles. The number of halogens is 1. The Morgan fingerprint density at radius 1 is 1.67 bits per heavy atom. The van der Waals surface area contributed by atoms with E-state index in [-0.39, 0.29) is 0 Å². The molecule has 0 aliphatic carbocycles. The summed E-state index contributed by atoms with van der Waals surface area (Å²) in [5.41, 5.74) is 0. The molecule has 0 fully saturated rings. The van der Waals surface area contributed by atoms with Crippen molar-refractivity contribution in [2.45, 2.75) is 24.6 Å². The fraction of sp³-hybridized carbons (Fsp3) is 0.500. The molecule has 0 N–H and O–H groups in total. The average Bonchev–Trinajstić information content (AvgIpc) is 1.85. The molecule has 0 heterocycles. The van der Waals surface area contributed by atoms with E-state index in [4.69, 9.17) is 0 Å². The highest BCUT2D eigenvalue weighted by molar-refractivity contribution is 9.09. The second-order valence-electron chi connectivity index (χ2n) is 1.88. The first-order chi connectivity index (χ1) is 4.31. The zero-order chi connectivity index (χ0) is 7.11. The van der Waals surface area contributed by atoms with E-state index in [2.05, 4.69) is 41.6 Å². The van der Waals surface area contributed by atoms with E-state index in [0.717, 1.165) is 12.8 Å². The Morgan fingerprint density at radius 2 is 2.33 bits per heavy atom. The minimum atomic E-state index is 0.481. The van der Waals surface area contributed by atoms with Crippen LogP contribution in [0, 0.1) is 0 Å². The quantitative estimate of drug-likeness (QED) is 0.470. The molecule has 0 aromatic rings. The molecule has 0 radical (unpaired) electrons. The summed E-state index contributed by atoms with van der Waals surface area (Å²) in [5.74, 6) is 0. The molecule has 0 amide bonds. The van der Waals surface area contributed by atoms with Crippen LogP contribution in [0.4, 0.5) is 0 Å². The minimum Gasteiger partial charge on any atom is -0.103 e. The second kappa shape index (κ2) is 6.09. The van der Waals surface area contributed by atoms with Gasteiger partial charge in [-0.25, -0.2) is 0 Å². The van der Waals surface area contributed by atoms with Crippen LogP contribution in [-0.4, -0.2) is 4.83 Å². The second-order valence-corrected chi connectivity index (χ2v) is 3.05. The summed E-state index contributed by atoms with van der Waals surface area (Å²) in [7, 11) is 0. The van der Waals surface area contributed by atoms with E-state index >= 15 is 0 Å². The Morgan fingerprint density at radius 3 is 2.78 bits per heavy atom. The van der Waals surface area contributed by atoms with Crippen LogP contribution in [-0.2, 0) is 0 Å². The zero-order valence-electron chi connectivity index (χ0n) is 5.81. The van der Waals surface area contributed by atoms with E-state index in [1.54, 1.807) is 0 Å². The van der Waals surface area contributed by atoms with Crippen molar-refractivity contribution < 1.29 is 0 Å². The molecular weight excluding hydrogens is 176 g/mol. The van der Waals surface area contributed by atoms with Crippen LogP contribution < -0.4 is 0 Å². The van der Waals surface area contributed by atoms with Gasteiger partial charge in [0.2, 0.25) is 0 Å². The van der Waals surface area contributed by atoms with Gasteiger partial charge in [0.05, 0.1) is 0 Å². The Kier molecular flexibility index (Phi) is 6.06. The average molecular weight is 189 g/mol. The van der Waals surface area contributed by atoms with Gasteiger partial charge < -0.3 is 0 Å². The van der Waals surface area contributed by atoms with E-state index < -0.39 is 0 Å². The first-order valence-corrected chi connectivity index (χ1v) is 4.14. The molecule has 0 aromatic carbocycles. The van der Waals surface area contributed by atoms with E-state index in [1.165, 1.54) is 0 Å². The molecule has 0 saturated heterocycles. The van der Waals surface area contributed by atoms with Crippen molar-refractivity contribution in [3.63, 3.8) is 0 Å². The van der Waals surface area contributed by atoms with Crippen LogP contribution in [0.15, 0.2) is 24.8 Å². The Bertz CT molecular complexity index is 94.7. The van der Waals surface area contributed by atoms with Crippen molar-refractivity contribution in [1.29, 1.82) is 0 Å². The molecule has 9 heavy (non-hydrogen) atoms. The SMILES string of the molecule is C=CCC(Br)/C=C/CC. The number of allylic oxidation sites excluding steroid dienone is 3. The van der Waals surface area contributed by atoms with Crippen LogP contribution in [0.5, 0.6) is 0 Å². The fourth-order valence-corrected chi connectivity index (χ4v) is 1.00. The summed E-state index contributed by atoms with van der Waals surface area (Å²) in [6, 6.07) is 0. The highest BCUT2D eigenvalue weighted by Gasteiger charge is 1.91. The lowest BCUT2D eigenvalue weighted by Crippen LogP contribution is -1.87. The van der Waals surface area contributed by atoms with Crippen LogP contribution in [0.2, 0.25) is 0 Å². The topological polar surface area (TPSA) is 0 Å². The molecule has 0 aromatic heterocycles. The molecule has 1 unspecified atom stereocenters. The molecule has 0 bridgehead atoms. The van der Waals surface area contributed by atoms with Gasteiger partial charge in [-0.2, -0.15) is 0 Å². The first-order valence-electron chi connectivity index (χ1n) is 3.22. The third kappa shape index (κ3) is 5.84. The van der Waals surface area contributed by atoms with Gasteiger partial charge in [-0.3, -0.25) is 0 Å². The summed E-state index contributed by atoms with van der Waals surface area (Å²) in [6.45, 7) is 5.77. The van der Waals surface area contributed by atoms with Gasteiger partial charge >= 0.3 is 0 Å². The minimum absolute atomic E-state index is 0.481. The van der Waals surface area contributed by atoms with Gasteiger partial charge in [0.15, 0.2) is 0 Å². The van der Waals surface area contributed by atoms with Crippen LogP contribution >= 0.6 is 15.9 Å². The summed E-state index contributed by atoms with van der Waals surface area (Å²) in [4.78, 5) is 0.481. The van der Waals surface area contributed by atoms with E-state index in [1.807, 2.05) is 6.08 Å². The van der Waals surface area contributed by atoms with Crippen molar-refractivity contribution >= 4 is 15.9 Å². The zero-order valence-corrected chi connectivity index (χ0v) is 7.39. The predicted octanol–water partition coefficient (Wildman–Crippen LogP) is 3.29. The Hall–Kier alpha value is -0.0400. The van der Waals surface area contributed by atoms with Crippen molar-refractivity contribution in [3.8, 4) is 0 Å². The highest BCUT2D eigenvalue weighted by atomic mass is 79.9. The van der Waals surface area contributed by atoms with E-state index in [9.17, 15) is 0 Å². The van der Waals surface area contributed by atoms with Gasteiger partial charge in [0, 0.05) is 4.83 Å². The molecule has 0 nitrogen and oxygen atoms in total. The van der Waals surface area contributed by atoms with Crippen molar-refractivity contribution in [1.82, 2.24) is 0 Å². The molecule has 52 valence electrons. The summed E-state index contributed by atoms with van der Waals surface area (Å²) >= 11 is 3.48. The van der Waals surface area contributed by atoms with Crippen molar-refractivity contribution in [3.05, 3.63) is 24.8 Å². The Labute approximate surface area is 65.8 Å². The van der Waals surface area contributed by atoms with Crippen molar-refractivity contribution in [2.24, 2.45) is 0 Å². The Balaban J connectivity index is 3.35. The van der Waals surface area contributed by atoms with Gasteiger partial charge in [-0.05, 0) is 12.8 Å². The normalized spacial score (nSPS) is 14.0. The monoisotopic (exact) mass is 188 g/mol. The standard InChI is InChI=1S/C8H13Br/c1-3-5-7-8(9)6-4-2/h4-5,7-8H,2-3,6H2,1H3/b7-5+. The molecule has 1 atom stereocenters. The number of rotatable bonds is 4. The highest BCUT2D eigenvalue weighted by Crippen LogP contribution is 2.06. The lowest BCUT2D eigenvalue weighted by atomic mass is 10.3. The molecular formula is C8H13Br. The molecule has 0 spiro atoms. The maximum Gasteiger partial charge on any atom is 0.0359 e. The van der Waals surface area contributed by atoms with Gasteiger partial charge in [-0.1, -0.05) is 41.1 Å². The van der Waals surface area contributed by atoms with E-state index in [0.29, 0.717) is 4.83 Å². The molecule has 1 heteroatoms. The molecule has 0 aliphatic rings. The maximum atomic E-state index is 3.64. The largest absolute Gasteiger partial charge is 0.103 e. The third-order valence-electron chi connectivity index (χ3n) is 0.972. The molecule has 0 rings (SSSR count). The van der Waals surface area contributed by atoms with Gasteiger partial charge in [0.25, 0.3) is 0 Å². The predicted molar refractivity (Wildman–Crippen MR) is 47.0 cm³/mol. The third-order valence-corrected chi connectivity index (χ3v) is 1.65. The summed E-state index contributed by atoms with van der Waals surface area (Å²) in [5, 5.41) is 0. The number of alkyl halides is 1. The smallest absolute Gasteiger partial charge is 0.0359 e. The van der Waals surface area contributed by atoms with Crippen LogP contribution in [0.3, 0.4) is 0 Å². The van der Waals surface area contributed by atoms with Crippen LogP contribution in [0.1, 0.15) is 19.8 Å². The lowest BCUT2D eigenvalue weighted by molar-refractivity contribution is 1.08. The lowest BCUT2D eigenvalue weighted by Gasteiger charge is -1.95. The first kappa shape index (κ1) is 8.96. The van der Waals surface area contributed by atoms with Crippen molar-refractivity contribution in [2.75, 3.05) is 0 Å².